The highest BCUT2D eigenvalue weighted by Gasteiger charge is 2.19. The molecule has 2 heterocycles. The largest absolute Gasteiger partial charge is 0.465 e. The zero-order valence-corrected chi connectivity index (χ0v) is 13.6. The van der Waals surface area contributed by atoms with Crippen molar-refractivity contribution in [3.05, 3.63) is 40.9 Å². The number of hydrogen-bond acceptors (Lipinski definition) is 6. The van der Waals surface area contributed by atoms with E-state index in [1.165, 1.54) is 7.11 Å². The predicted octanol–water partition coefficient (Wildman–Crippen LogP) is 2.56. The van der Waals surface area contributed by atoms with Gasteiger partial charge in [-0.1, -0.05) is 0 Å². The van der Waals surface area contributed by atoms with Crippen molar-refractivity contribution < 1.29 is 9.53 Å². The second-order valence-electron chi connectivity index (χ2n) is 5.28. The Morgan fingerprint density at radius 3 is 2.32 bits per heavy atom. The SMILES string of the molecule is COC(=O)c1ccc(N2CCN(c3nc(C)cs3)CC2)cc1. The van der Waals surface area contributed by atoms with Crippen LogP contribution >= 0.6 is 11.3 Å². The fraction of sp³-hybridized carbons (Fsp3) is 0.375. The normalized spacial score (nSPS) is 15.0. The number of thiazole rings is 1. The molecule has 116 valence electrons. The van der Waals surface area contributed by atoms with E-state index in [9.17, 15) is 4.79 Å². The van der Waals surface area contributed by atoms with Gasteiger partial charge in [-0.05, 0) is 31.2 Å². The van der Waals surface area contributed by atoms with Crippen LogP contribution in [0.5, 0.6) is 0 Å². The molecule has 0 N–H and O–H groups in total. The first kappa shape index (κ1) is 14.8. The summed E-state index contributed by atoms with van der Waals surface area (Å²) < 4.78 is 4.72. The summed E-state index contributed by atoms with van der Waals surface area (Å²) in [5.74, 6) is -0.296. The van der Waals surface area contributed by atoms with E-state index < -0.39 is 0 Å². The number of methoxy groups -OCH3 is 1. The summed E-state index contributed by atoms with van der Waals surface area (Å²) in [6, 6.07) is 7.60. The quantitative estimate of drug-likeness (QED) is 0.814. The molecule has 0 saturated carbocycles. The van der Waals surface area contributed by atoms with Crippen molar-refractivity contribution in [2.24, 2.45) is 0 Å². The molecule has 1 fully saturated rings. The van der Waals surface area contributed by atoms with E-state index in [2.05, 4.69) is 20.2 Å². The minimum Gasteiger partial charge on any atom is -0.465 e. The summed E-state index contributed by atoms with van der Waals surface area (Å²) in [4.78, 5) is 20.7. The van der Waals surface area contributed by atoms with Gasteiger partial charge >= 0.3 is 5.97 Å². The molecule has 0 amide bonds. The Hall–Kier alpha value is -2.08. The minimum atomic E-state index is -0.296. The van der Waals surface area contributed by atoms with Crippen LogP contribution in [0.1, 0.15) is 16.1 Å². The van der Waals surface area contributed by atoms with Gasteiger partial charge in [0.25, 0.3) is 0 Å². The highest BCUT2D eigenvalue weighted by molar-refractivity contribution is 7.13. The minimum absolute atomic E-state index is 0.296. The number of esters is 1. The number of benzene rings is 1. The molecule has 0 atom stereocenters. The first-order valence-electron chi connectivity index (χ1n) is 7.28. The van der Waals surface area contributed by atoms with E-state index in [1.807, 2.05) is 31.2 Å². The molecular formula is C16H19N3O2S. The fourth-order valence-corrected chi connectivity index (χ4v) is 3.43. The molecule has 1 aromatic heterocycles. The lowest BCUT2D eigenvalue weighted by Gasteiger charge is -2.36. The van der Waals surface area contributed by atoms with E-state index in [0.29, 0.717) is 5.56 Å². The molecule has 6 heteroatoms. The number of aromatic nitrogens is 1. The molecule has 0 spiro atoms. The third-order valence-electron chi connectivity index (χ3n) is 3.81. The van der Waals surface area contributed by atoms with Crippen molar-refractivity contribution in [3.8, 4) is 0 Å². The summed E-state index contributed by atoms with van der Waals surface area (Å²) >= 11 is 1.71. The number of anilines is 2. The van der Waals surface area contributed by atoms with Crippen molar-refractivity contribution in [2.45, 2.75) is 6.92 Å². The average Bonchev–Trinajstić information content (AvgIpc) is 3.01. The lowest BCUT2D eigenvalue weighted by molar-refractivity contribution is 0.0601. The Kier molecular flexibility index (Phi) is 4.29. The Bertz CT molecular complexity index is 646. The molecule has 3 rings (SSSR count). The summed E-state index contributed by atoms with van der Waals surface area (Å²) in [6.07, 6.45) is 0. The van der Waals surface area contributed by atoms with Crippen molar-refractivity contribution >= 4 is 28.1 Å². The molecule has 2 aromatic rings. The van der Waals surface area contributed by atoms with E-state index in [1.54, 1.807) is 11.3 Å². The maximum absolute atomic E-state index is 11.5. The van der Waals surface area contributed by atoms with Crippen molar-refractivity contribution in [3.63, 3.8) is 0 Å². The monoisotopic (exact) mass is 317 g/mol. The standard InChI is InChI=1S/C16H19N3O2S/c1-12-11-22-16(17-12)19-9-7-18(8-10-19)14-5-3-13(4-6-14)15(20)21-2/h3-6,11H,7-10H2,1-2H3. The van der Waals surface area contributed by atoms with Crippen molar-refractivity contribution in [1.29, 1.82) is 0 Å². The van der Waals surface area contributed by atoms with Gasteiger partial charge in [0, 0.05) is 37.2 Å². The topological polar surface area (TPSA) is 45.7 Å². The average molecular weight is 317 g/mol. The molecule has 0 radical (unpaired) electrons. The van der Waals surface area contributed by atoms with E-state index in [0.717, 1.165) is 42.7 Å². The van der Waals surface area contributed by atoms with Gasteiger partial charge in [-0.3, -0.25) is 0 Å². The molecule has 0 aliphatic carbocycles. The molecule has 0 unspecified atom stereocenters. The Morgan fingerprint density at radius 2 is 1.77 bits per heavy atom. The second kappa shape index (κ2) is 6.36. The molecule has 1 aromatic carbocycles. The number of hydrogen-bond donors (Lipinski definition) is 0. The smallest absolute Gasteiger partial charge is 0.337 e. The van der Waals surface area contributed by atoms with E-state index in [4.69, 9.17) is 4.74 Å². The summed E-state index contributed by atoms with van der Waals surface area (Å²) in [5, 5.41) is 3.20. The number of piperazine rings is 1. The molecule has 1 aliphatic rings. The molecule has 1 saturated heterocycles. The van der Waals surface area contributed by atoms with Crippen LogP contribution in [0, 0.1) is 6.92 Å². The van der Waals surface area contributed by atoms with Gasteiger partial charge in [-0.25, -0.2) is 9.78 Å². The highest BCUT2D eigenvalue weighted by Crippen LogP contribution is 2.23. The van der Waals surface area contributed by atoms with E-state index >= 15 is 0 Å². The van der Waals surface area contributed by atoms with Gasteiger partial charge in [0.15, 0.2) is 5.13 Å². The Labute approximate surface area is 134 Å². The van der Waals surface area contributed by atoms with Crippen LogP contribution in [-0.2, 0) is 4.74 Å². The second-order valence-corrected chi connectivity index (χ2v) is 6.12. The molecule has 0 bridgehead atoms. The third kappa shape index (κ3) is 3.06. The van der Waals surface area contributed by atoms with Gasteiger partial charge in [-0.15, -0.1) is 11.3 Å². The van der Waals surface area contributed by atoms with Gasteiger partial charge in [0.1, 0.15) is 0 Å². The summed E-state index contributed by atoms with van der Waals surface area (Å²) in [7, 11) is 1.40. The first-order valence-corrected chi connectivity index (χ1v) is 8.16. The number of nitrogens with zero attached hydrogens (tertiary/aromatic N) is 3. The number of rotatable bonds is 3. The van der Waals surface area contributed by atoms with Gasteiger partial charge in [-0.2, -0.15) is 0 Å². The van der Waals surface area contributed by atoms with Crippen LogP contribution in [0.15, 0.2) is 29.6 Å². The van der Waals surface area contributed by atoms with Crippen LogP contribution in [0.2, 0.25) is 0 Å². The van der Waals surface area contributed by atoms with E-state index in [-0.39, 0.29) is 5.97 Å². The molecule has 22 heavy (non-hydrogen) atoms. The predicted molar refractivity (Wildman–Crippen MR) is 89.1 cm³/mol. The van der Waals surface area contributed by atoms with Crippen molar-refractivity contribution in [2.75, 3.05) is 43.1 Å². The lowest BCUT2D eigenvalue weighted by Crippen LogP contribution is -2.46. The number of carbonyl (C=O) groups is 1. The summed E-state index contributed by atoms with van der Waals surface area (Å²) in [6.45, 7) is 5.86. The van der Waals surface area contributed by atoms with Crippen LogP contribution in [-0.4, -0.2) is 44.2 Å². The Morgan fingerprint density at radius 1 is 1.14 bits per heavy atom. The van der Waals surface area contributed by atoms with Crippen molar-refractivity contribution in [1.82, 2.24) is 4.98 Å². The van der Waals surface area contributed by atoms with Crippen LogP contribution in [0.3, 0.4) is 0 Å². The third-order valence-corrected chi connectivity index (χ3v) is 4.83. The zero-order chi connectivity index (χ0) is 15.5. The maximum atomic E-state index is 11.5. The van der Waals surface area contributed by atoms with Crippen LogP contribution in [0.25, 0.3) is 0 Å². The van der Waals surface area contributed by atoms with Gasteiger partial charge in [0.05, 0.1) is 18.4 Å². The van der Waals surface area contributed by atoms with Gasteiger partial charge in [0.2, 0.25) is 0 Å². The summed E-state index contributed by atoms with van der Waals surface area (Å²) in [5.41, 5.74) is 2.81. The molecule has 5 nitrogen and oxygen atoms in total. The van der Waals surface area contributed by atoms with Crippen LogP contribution < -0.4 is 9.80 Å². The van der Waals surface area contributed by atoms with Gasteiger partial charge < -0.3 is 14.5 Å². The fourth-order valence-electron chi connectivity index (χ4n) is 2.57. The number of ether oxygens (including phenoxy) is 1. The first-order chi connectivity index (χ1) is 10.7. The molecule has 1 aliphatic heterocycles. The zero-order valence-electron chi connectivity index (χ0n) is 12.8. The van der Waals surface area contributed by atoms with Crippen LogP contribution in [0.4, 0.5) is 10.8 Å². The Balaban J connectivity index is 1.62. The lowest BCUT2D eigenvalue weighted by atomic mass is 10.2. The maximum Gasteiger partial charge on any atom is 0.337 e. The highest BCUT2D eigenvalue weighted by atomic mass is 32.1. The molecular weight excluding hydrogens is 298 g/mol. The number of aryl methyl sites for hydroxylation is 1. The number of carbonyl (C=O) groups excluding carboxylic acids is 1.